The molecule has 122 valence electrons. The number of carboxylic acids is 1. The van der Waals surface area contributed by atoms with E-state index in [1.54, 1.807) is 24.3 Å². The van der Waals surface area contributed by atoms with Crippen molar-refractivity contribution >= 4 is 11.9 Å². The Labute approximate surface area is 133 Å². The first-order valence-corrected chi connectivity index (χ1v) is 7.27. The van der Waals surface area contributed by atoms with Crippen LogP contribution in [0.2, 0.25) is 0 Å². The van der Waals surface area contributed by atoms with Crippen LogP contribution in [0.25, 0.3) is 0 Å². The Kier molecular flexibility index (Phi) is 5.19. The van der Waals surface area contributed by atoms with E-state index in [1.807, 2.05) is 6.07 Å². The van der Waals surface area contributed by atoms with Gasteiger partial charge in [0.15, 0.2) is 6.10 Å². The monoisotopic (exact) mass is 318 g/mol. The Hall–Kier alpha value is -2.59. The molecule has 1 unspecified atom stereocenters. The van der Waals surface area contributed by atoms with Gasteiger partial charge in [-0.05, 0) is 19.1 Å². The molecule has 7 nitrogen and oxygen atoms in total. The first-order valence-electron chi connectivity index (χ1n) is 7.27. The summed E-state index contributed by atoms with van der Waals surface area (Å²) in [5.74, 6) is -1.34. The van der Waals surface area contributed by atoms with Crippen molar-refractivity contribution in [1.29, 1.82) is 5.26 Å². The third-order valence-electron chi connectivity index (χ3n) is 3.80. The molecule has 1 aliphatic heterocycles. The maximum atomic E-state index is 12.3. The second kappa shape index (κ2) is 7.11. The number of nitrogens with one attached hydrogen (secondary N) is 1. The Morgan fingerprint density at radius 3 is 2.65 bits per heavy atom. The van der Waals surface area contributed by atoms with Crippen LogP contribution in [-0.4, -0.2) is 41.8 Å². The Balaban J connectivity index is 2.07. The molecule has 1 fully saturated rings. The summed E-state index contributed by atoms with van der Waals surface area (Å²) in [7, 11) is 0. The van der Waals surface area contributed by atoms with Crippen LogP contribution >= 0.6 is 0 Å². The van der Waals surface area contributed by atoms with Crippen molar-refractivity contribution in [2.45, 2.75) is 31.4 Å². The second-order valence-corrected chi connectivity index (χ2v) is 5.36. The molecule has 7 heteroatoms. The average molecular weight is 318 g/mol. The Morgan fingerprint density at radius 1 is 1.39 bits per heavy atom. The number of para-hydroxylation sites is 1. The zero-order valence-corrected chi connectivity index (χ0v) is 12.7. The van der Waals surface area contributed by atoms with Crippen molar-refractivity contribution in [3.63, 3.8) is 0 Å². The van der Waals surface area contributed by atoms with Crippen LogP contribution in [0.15, 0.2) is 24.3 Å². The van der Waals surface area contributed by atoms with Crippen LogP contribution in [0.4, 0.5) is 0 Å². The molecule has 1 atom stereocenters. The molecule has 23 heavy (non-hydrogen) atoms. The fraction of sp³-hybridized carbons (Fsp3) is 0.438. The van der Waals surface area contributed by atoms with E-state index < -0.39 is 23.5 Å². The highest BCUT2D eigenvalue weighted by Gasteiger charge is 2.42. The fourth-order valence-electron chi connectivity index (χ4n) is 2.36. The van der Waals surface area contributed by atoms with Gasteiger partial charge in [0, 0.05) is 26.1 Å². The lowest BCUT2D eigenvalue weighted by Gasteiger charge is -2.34. The summed E-state index contributed by atoms with van der Waals surface area (Å²) in [6, 6.07) is 8.53. The molecule has 1 saturated heterocycles. The summed E-state index contributed by atoms with van der Waals surface area (Å²) in [6.07, 6.45) is -0.519. The SMILES string of the molecule is CC(Oc1ccccc1C#N)C(=O)NC1(C(=O)O)CCOCC1. The third kappa shape index (κ3) is 3.79. The van der Waals surface area contributed by atoms with Crippen molar-refractivity contribution in [2.75, 3.05) is 13.2 Å². The van der Waals surface area contributed by atoms with Crippen molar-refractivity contribution < 1.29 is 24.2 Å². The summed E-state index contributed by atoms with van der Waals surface area (Å²) in [5.41, 5.74) is -1.02. The van der Waals surface area contributed by atoms with E-state index in [0.29, 0.717) is 5.56 Å². The molecule has 1 aliphatic rings. The number of hydrogen-bond donors (Lipinski definition) is 2. The van der Waals surface area contributed by atoms with Gasteiger partial charge in [-0.25, -0.2) is 4.79 Å². The smallest absolute Gasteiger partial charge is 0.329 e. The standard InChI is InChI=1S/C16H18N2O5/c1-11(23-13-5-3-2-4-12(13)10-17)14(19)18-16(15(20)21)6-8-22-9-7-16/h2-5,11H,6-9H2,1H3,(H,18,19)(H,20,21). The number of nitrogens with zero attached hydrogens (tertiary/aromatic N) is 1. The molecule has 0 saturated carbocycles. The predicted octanol–water partition coefficient (Wildman–Crippen LogP) is 1.08. The van der Waals surface area contributed by atoms with Crippen LogP contribution < -0.4 is 10.1 Å². The van der Waals surface area contributed by atoms with Crippen molar-refractivity contribution in [1.82, 2.24) is 5.32 Å². The first kappa shape index (κ1) is 16.8. The molecule has 0 aromatic heterocycles. The number of carboxylic acid groups (broad SMARTS) is 1. The minimum absolute atomic E-state index is 0.204. The second-order valence-electron chi connectivity index (χ2n) is 5.36. The normalized spacial score (nSPS) is 17.6. The summed E-state index contributed by atoms with van der Waals surface area (Å²) < 4.78 is 10.7. The number of ether oxygens (including phenoxy) is 2. The highest BCUT2D eigenvalue weighted by atomic mass is 16.5. The Morgan fingerprint density at radius 2 is 2.04 bits per heavy atom. The molecular formula is C16H18N2O5. The summed E-state index contributed by atoms with van der Waals surface area (Å²) >= 11 is 0. The maximum absolute atomic E-state index is 12.3. The molecule has 1 aromatic rings. The van der Waals surface area contributed by atoms with E-state index in [-0.39, 0.29) is 31.8 Å². The van der Waals surface area contributed by atoms with Gasteiger partial charge >= 0.3 is 5.97 Å². The third-order valence-corrected chi connectivity index (χ3v) is 3.80. The van der Waals surface area contributed by atoms with Crippen molar-refractivity contribution in [3.8, 4) is 11.8 Å². The number of amides is 1. The average Bonchev–Trinajstić information content (AvgIpc) is 2.56. The van der Waals surface area contributed by atoms with Gasteiger partial charge in [-0.15, -0.1) is 0 Å². The summed E-state index contributed by atoms with van der Waals surface area (Å²) in [4.78, 5) is 23.8. The van der Waals surface area contributed by atoms with Crippen molar-refractivity contribution in [3.05, 3.63) is 29.8 Å². The summed E-state index contributed by atoms with van der Waals surface area (Å²) in [5, 5.41) is 21.0. The number of carbonyl (C=O) groups excluding carboxylic acids is 1. The predicted molar refractivity (Wildman–Crippen MR) is 79.8 cm³/mol. The van der Waals surface area contributed by atoms with Gasteiger partial charge in [-0.2, -0.15) is 5.26 Å². The number of nitriles is 1. The quantitative estimate of drug-likeness (QED) is 0.841. The molecule has 0 radical (unpaired) electrons. The molecule has 1 heterocycles. The minimum Gasteiger partial charge on any atom is -0.480 e. The molecule has 0 bridgehead atoms. The van der Waals surface area contributed by atoms with E-state index in [4.69, 9.17) is 14.7 Å². The van der Waals surface area contributed by atoms with Crippen LogP contribution in [0.3, 0.4) is 0 Å². The number of hydrogen-bond acceptors (Lipinski definition) is 5. The van der Waals surface area contributed by atoms with Gasteiger partial charge < -0.3 is 19.9 Å². The number of carbonyl (C=O) groups is 2. The highest BCUT2D eigenvalue weighted by Crippen LogP contribution is 2.22. The van der Waals surface area contributed by atoms with Gasteiger partial charge in [0.05, 0.1) is 5.56 Å². The van der Waals surface area contributed by atoms with Gasteiger partial charge in [-0.1, -0.05) is 12.1 Å². The van der Waals surface area contributed by atoms with Gasteiger partial charge in [-0.3, -0.25) is 4.79 Å². The van der Waals surface area contributed by atoms with E-state index in [2.05, 4.69) is 5.32 Å². The van der Waals surface area contributed by atoms with Crippen LogP contribution in [0.5, 0.6) is 5.75 Å². The lowest BCUT2D eigenvalue weighted by Crippen LogP contribution is -2.59. The number of aliphatic carboxylic acids is 1. The van der Waals surface area contributed by atoms with Crippen LogP contribution in [0.1, 0.15) is 25.3 Å². The number of rotatable bonds is 5. The van der Waals surface area contributed by atoms with E-state index in [1.165, 1.54) is 6.92 Å². The van der Waals surface area contributed by atoms with Gasteiger partial charge in [0.1, 0.15) is 17.4 Å². The molecule has 2 rings (SSSR count). The fourth-order valence-corrected chi connectivity index (χ4v) is 2.36. The maximum Gasteiger partial charge on any atom is 0.329 e. The zero-order chi connectivity index (χ0) is 16.9. The molecule has 2 N–H and O–H groups in total. The largest absolute Gasteiger partial charge is 0.480 e. The molecule has 0 aliphatic carbocycles. The lowest BCUT2D eigenvalue weighted by molar-refractivity contribution is -0.153. The molecule has 1 amide bonds. The van der Waals surface area contributed by atoms with Crippen LogP contribution in [-0.2, 0) is 14.3 Å². The van der Waals surface area contributed by atoms with Gasteiger partial charge in [0.25, 0.3) is 5.91 Å². The van der Waals surface area contributed by atoms with E-state index >= 15 is 0 Å². The van der Waals surface area contributed by atoms with E-state index in [0.717, 1.165) is 0 Å². The highest BCUT2D eigenvalue weighted by molar-refractivity contribution is 5.89. The molecule has 0 spiro atoms. The molecular weight excluding hydrogens is 300 g/mol. The Bertz CT molecular complexity index is 632. The van der Waals surface area contributed by atoms with Crippen molar-refractivity contribution in [2.24, 2.45) is 0 Å². The topological polar surface area (TPSA) is 109 Å². The first-order chi connectivity index (χ1) is 11.0. The minimum atomic E-state index is -1.33. The van der Waals surface area contributed by atoms with E-state index in [9.17, 15) is 14.7 Å². The summed E-state index contributed by atoms with van der Waals surface area (Å²) in [6.45, 7) is 2.07. The molecule has 1 aromatic carbocycles. The van der Waals surface area contributed by atoms with Crippen LogP contribution in [0, 0.1) is 11.3 Å². The van der Waals surface area contributed by atoms with Gasteiger partial charge in [0.2, 0.25) is 0 Å². The lowest BCUT2D eigenvalue weighted by atomic mass is 9.90. The zero-order valence-electron chi connectivity index (χ0n) is 12.7. The number of benzene rings is 1.